The first-order valence-corrected chi connectivity index (χ1v) is 8.07. The van der Waals surface area contributed by atoms with Crippen LogP contribution in [0.25, 0.3) is 0 Å². The Morgan fingerprint density at radius 3 is 1.56 bits per heavy atom. The summed E-state index contributed by atoms with van der Waals surface area (Å²) in [5, 5.41) is 0. The summed E-state index contributed by atoms with van der Waals surface area (Å²) in [6, 6.07) is 0. The molecule has 0 unspecified atom stereocenters. The molecule has 0 aromatic heterocycles. The van der Waals surface area contributed by atoms with Crippen molar-refractivity contribution in [1.29, 1.82) is 0 Å². The molecule has 0 atom stereocenters. The van der Waals surface area contributed by atoms with Gasteiger partial charge in [-0.2, -0.15) is 0 Å². The zero-order chi connectivity index (χ0) is 13.3. The summed E-state index contributed by atoms with van der Waals surface area (Å²) in [7, 11) is 0. The molecular formula is C16H34O2. The van der Waals surface area contributed by atoms with E-state index in [1.54, 1.807) is 0 Å². The lowest BCUT2D eigenvalue weighted by molar-refractivity contribution is 0.126. The molecule has 0 N–H and O–H groups in total. The Kier molecular flexibility index (Phi) is 16.8. The molecule has 1 saturated heterocycles. The molecule has 0 spiro atoms. The van der Waals surface area contributed by atoms with Gasteiger partial charge >= 0.3 is 0 Å². The third-order valence-corrected chi connectivity index (χ3v) is 3.11. The van der Waals surface area contributed by atoms with Crippen LogP contribution >= 0.6 is 0 Å². The standard InChI is InChI=1S/C12H26O.C4H8O/c1-3-5-7-9-11-13-12-10-8-6-4-2;1-2-4-5-3-1/h3-12H2,1-2H3;1-4H2. The first-order chi connectivity index (χ1) is 8.91. The first kappa shape index (κ1) is 17.9. The lowest BCUT2D eigenvalue weighted by atomic mass is 10.2. The normalized spacial score (nSPS) is 14.3. The summed E-state index contributed by atoms with van der Waals surface area (Å²) in [5.41, 5.74) is 0. The SMILES string of the molecule is C1CCOC1.CCCCCCOCCCCCC. The molecule has 2 heteroatoms. The largest absolute Gasteiger partial charge is 0.381 e. The molecule has 0 aromatic rings. The van der Waals surface area contributed by atoms with E-state index in [-0.39, 0.29) is 0 Å². The van der Waals surface area contributed by atoms with Gasteiger partial charge in [-0.15, -0.1) is 0 Å². The predicted octanol–water partition coefficient (Wildman–Crippen LogP) is 4.96. The van der Waals surface area contributed by atoms with E-state index in [0.29, 0.717) is 0 Å². The van der Waals surface area contributed by atoms with Crippen molar-refractivity contribution in [2.45, 2.75) is 78.1 Å². The highest BCUT2D eigenvalue weighted by molar-refractivity contribution is 4.43. The van der Waals surface area contributed by atoms with Crippen molar-refractivity contribution >= 4 is 0 Å². The third kappa shape index (κ3) is 15.9. The van der Waals surface area contributed by atoms with Crippen molar-refractivity contribution in [3.05, 3.63) is 0 Å². The highest BCUT2D eigenvalue weighted by Crippen LogP contribution is 2.01. The van der Waals surface area contributed by atoms with Crippen LogP contribution in [0.2, 0.25) is 0 Å². The van der Waals surface area contributed by atoms with Gasteiger partial charge in [0.15, 0.2) is 0 Å². The average molecular weight is 258 g/mol. The molecule has 0 amide bonds. The highest BCUT2D eigenvalue weighted by atomic mass is 16.5. The van der Waals surface area contributed by atoms with Crippen molar-refractivity contribution in [2.24, 2.45) is 0 Å². The van der Waals surface area contributed by atoms with Crippen molar-refractivity contribution < 1.29 is 9.47 Å². The average Bonchev–Trinajstić information content (AvgIpc) is 2.96. The second-order valence-corrected chi connectivity index (χ2v) is 5.05. The van der Waals surface area contributed by atoms with E-state index in [0.717, 1.165) is 26.4 Å². The molecule has 0 aromatic carbocycles. The quantitative estimate of drug-likeness (QED) is 0.516. The topological polar surface area (TPSA) is 18.5 Å². The fourth-order valence-corrected chi connectivity index (χ4v) is 1.87. The zero-order valence-corrected chi connectivity index (χ0v) is 12.7. The number of unbranched alkanes of at least 4 members (excludes halogenated alkanes) is 6. The summed E-state index contributed by atoms with van der Waals surface area (Å²) in [6.45, 7) is 8.44. The molecule has 18 heavy (non-hydrogen) atoms. The predicted molar refractivity (Wildman–Crippen MR) is 79.2 cm³/mol. The van der Waals surface area contributed by atoms with Crippen LogP contribution in [0.5, 0.6) is 0 Å². The maximum absolute atomic E-state index is 5.53. The third-order valence-electron chi connectivity index (χ3n) is 3.11. The molecule has 1 fully saturated rings. The summed E-state index contributed by atoms with van der Waals surface area (Å²) in [4.78, 5) is 0. The van der Waals surface area contributed by atoms with Crippen molar-refractivity contribution in [3.63, 3.8) is 0 Å². The maximum Gasteiger partial charge on any atom is 0.0466 e. The lowest BCUT2D eigenvalue weighted by Crippen LogP contribution is -1.96. The number of rotatable bonds is 10. The van der Waals surface area contributed by atoms with Crippen LogP contribution in [0, 0.1) is 0 Å². The second kappa shape index (κ2) is 16.9. The summed E-state index contributed by atoms with van der Waals surface area (Å²) in [6.07, 6.45) is 13.1. The van der Waals surface area contributed by atoms with Crippen molar-refractivity contribution in [3.8, 4) is 0 Å². The van der Waals surface area contributed by atoms with E-state index < -0.39 is 0 Å². The van der Waals surface area contributed by atoms with Gasteiger partial charge < -0.3 is 9.47 Å². The Morgan fingerprint density at radius 2 is 1.22 bits per heavy atom. The molecule has 1 aliphatic rings. The van der Waals surface area contributed by atoms with Gasteiger partial charge in [-0.3, -0.25) is 0 Å². The maximum atomic E-state index is 5.53. The van der Waals surface area contributed by atoms with Gasteiger partial charge in [-0.1, -0.05) is 52.4 Å². The van der Waals surface area contributed by atoms with E-state index in [2.05, 4.69) is 13.8 Å². The van der Waals surface area contributed by atoms with Gasteiger partial charge in [0.2, 0.25) is 0 Å². The monoisotopic (exact) mass is 258 g/mol. The van der Waals surface area contributed by atoms with E-state index in [4.69, 9.17) is 9.47 Å². The Bertz CT molecular complexity index is 115. The zero-order valence-electron chi connectivity index (χ0n) is 12.7. The minimum atomic E-state index is 0.978. The highest BCUT2D eigenvalue weighted by Gasteiger charge is 1.94. The van der Waals surface area contributed by atoms with E-state index in [9.17, 15) is 0 Å². The second-order valence-electron chi connectivity index (χ2n) is 5.05. The number of ether oxygens (including phenoxy) is 2. The molecule has 2 nitrogen and oxygen atoms in total. The van der Waals surface area contributed by atoms with Crippen molar-refractivity contribution in [1.82, 2.24) is 0 Å². The molecule has 0 radical (unpaired) electrons. The molecule has 1 rings (SSSR count). The molecule has 0 aliphatic carbocycles. The molecule has 110 valence electrons. The van der Waals surface area contributed by atoms with Crippen molar-refractivity contribution in [2.75, 3.05) is 26.4 Å². The van der Waals surface area contributed by atoms with E-state index in [1.807, 2.05) is 0 Å². The Balaban J connectivity index is 0.000000473. The van der Waals surface area contributed by atoms with Crippen LogP contribution in [0.4, 0.5) is 0 Å². The van der Waals surface area contributed by atoms with Crippen LogP contribution in [-0.2, 0) is 9.47 Å². The van der Waals surface area contributed by atoms with Gasteiger partial charge in [0.25, 0.3) is 0 Å². The number of hydrogen-bond donors (Lipinski definition) is 0. The fourth-order valence-electron chi connectivity index (χ4n) is 1.87. The smallest absolute Gasteiger partial charge is 0.0466 e. The molecule has 1 aliphatic heterocycles. The van der Waals surface area contributed by atoms with E-state index >= 15 is 0 Å². The Morgan fingerprint density at radius 1 is 0.722 bits per heavy atom. The summed E-state index contributed by atoms with van der Waals surface area (Å²) in [5.74, 6) is 0. The minimum absolute atomic E-state index is 0.978. The van der Waals surface area contributed by atoms with Gasteiger partial charge in [0, 0.05) is 26.4 Å². The molecule has 0 bridgehead atoms. The first-order valence-electron chi connectivity index (χ1n) is 8.07. The summed E-state index contributed by atoms with van der Waals surface area (Å²) >= 11 is 0. The van der Waals surface area contributed by atoms with Gasteiger partial charge in [-0.05, 0) is 25.7 Å². The summed E-state index contributed by atoms with van der Waals surface area (Å²) < 4.78 is 10.5. The van der Waals surface area contributed by atoms with Gasteiger partial charge in [-0.25, -0.2) is 0 Å². The molecular weight excluding hydrogens is 224 g/mol. The number of hydrogen-bond acceptors (Lipinski definition) is 2. The van der Waals surface area contributed by atoms with E-state index in [1.165, 1.54) is 64.2 Å². The van der Waals surface area contributed by atoms with Crippen LogP contribution in [0.3, 0.4) is 0 Å². The van der Waals surface area contributed by atoms with Crippen LogP contribution < -0.4 is 0 Å². The molecule has 0 saturated carbocycles. The minimum Gasteiger partial charge on any atom is -0.381 e. The Hall–Kier alpha value is -0.0800. The van der Waals surface area contributed by atoms with Crippen LogP contribution in [0.1, 0.15) is 78.1 Å². The van der Waals surface area contributed by atoms with Gasteiger partial charge in [0.05, 0.1) is 0 Å². The van der Waals surface area contributed by atoms with Crippen LogP contribution in [-0.4, -0.2) is 26.4 Å². The fraction of sp³-hybridized carbons (Fsp3) is 1.00. The van der Waals surface area contributed by atoms with Gasteiger partial charge in [0.1, 0.15) is 0 Å². The Labute approximate surface area is 114 Å². The lowest BCUT2D eigenvalue weighted by Gasteiger charge is -2.03. The van der Waals surface area contributed by atoms with Crippen LogP contribution in [0.15, 0.2) is 0 Å². The molecule has 1 heterocycles.